The fourth-order valence-electron chi connectivity index (χ4n) is 3.62. The lowest BCUT2D eigenvalue weighted by Crippen LogP contribution is -2.32. The van der Waals surface area contributed by atoms with Gasteiger partial charge in [0.25, 0.3) is 0 Å². The number of alkyl halides is 1. The first kappa shape index (κ1) is 20.0. The van der Waals surface area contributed by atoms with Crippen molar-refractivity contribution in [2.24, 2.45) is 0 Å². The molecule has 2 heterocycles. The minimum Gasteiger partial charge on any atom is -0.356 e. The average Bonchev–Trinajstić information content (AvgIpc) is 3.20. The van der Waals surface area contributed by atoms with E-state index in [4.69, 9.17) is 0 Å². The van der Waals surface area contributed by atoms with Gasteiger partial charge in [-0.2, -0.15) is 0 Å². The van der Waals surface area contributed by atoms with E-state index in [1.165, 1.54) is 24.3 Å². The van der Waals surface area contributed by atoms with Gasteiger partial charge in [-0.05, 0) is 29.8 Å². The number of rotatable bonds is 5. The normalized spacial score (nSPS) is 18.0. The second-order valence-electron chi connectivity index (χ2n) is 7.41. The van der Waals surface area contributed by atoms with Crippen LogP contribution in [0.15, 0.2) is 85.0 Å². The van der Waals surface area contributed by atoms with Crippen molar-refractivity contribution in [3.05, 3.63) is 96.4 Å². The van der Waals surface area contributed by atoms with E-state index < -0.39 is 23.9 Å². The molecule has 1 N–H and O–H groups in total. The van der Waals surface area contributed by atoms with E-state index in [2.05, 4.69) is 20.3 Å². The summed E-state index contributed by atoms with van der Waals surface area (Å²) in [4.78, 5) is 13.3. The molecule has 0 fully saturated rings. The van der Waals surface area contributed by atoms with Crippen LogP contribution < -0.4 is 5.32 Å². The summed E-state index contributed by atoms with van der Waals surface area (Å²) in [6.45, 7) is 0.469. The zero-order valence-electron chi connectivity index (χ0n) is 16.8. The predicted octanol–water partition coefficient (Wildman–Crippen LogP) is 5.22. The minimum atomic E-state index is -1.59. The molecule has 2 aromatic heterocycles. The summed E-state index contributed by atoms with van der Waals surface area (Å²) in [6, 6.07) is 14.5. The Morgan fingerprint density at radius 3 is 2.53 bits per heavy atom. The number of hydrogen-bond donors (Lipinski definition) is 1. The lowest BCUT2D eigenvalue weighted by Gasteiger charge is -2.22. The maximum atomic E-state index is 14.5. The maximum Gasteiger partial charge on any atom is 0.167 e. The van der Waals surface area contributed by atoms with Gasteiger partial charge in [0.2, 0.25) is 0 Å². The minimum absolute atomic E-state index is 0.0964. The van der Waals surface area contributed by atoms with Crippen molar-refractivity contribution in [3.8, 4) is 11.4 Å². The topological polar surface area (TPSA) is 55.6 Å². The van der Waals surface area contributed by atoms with Gasteiger partial charge in [0, 0.05) is 0 Å². The average molecular weight is 433 g/mol. The van der Waals surface area contributed by atoms with Crippen molar-refractivity contribution in [1.29, 1.82) is 0 Å². The molecule has 2 unspecified atom stereocenters. The zero-order chi connectivity index (χ0) is 22.1. The van der Waals surface area contributed by atoms with Gasteiger partial charge in [-0.1, -0.05) is 48.5 Å². The fraction of sp³-hybridized carbons (Fsp3) is 0.125. The third-order valence-corrected chi connectivity index (χ3v) is 5.23. The summed E-state index contributed by atoms with van der Waals surface area (Å²) in [5.41, 5.74) is 1.97. The summed E-state index contributed by atoms with van der Waals surface area (Å²) >= 11 is 0. The van der Waals surface area contributed by atoms with Gasteiger partial charge >= 0.3 is 0 Å². The third-order valence-electron chi connectivity index (χ3n) is 5.23. The molecule has 5 nitrogen and oxygen atoms in total. The Hall–Kier alpha value is -3.94. The summed E-state index contributed by atoms with van der Waals surface area (Å²) in [5.74, 6) is -0.935. The molecule has 1 aliphatic rings. The Bertz CT molecular complexity index is 1330. The van der Waals surface area contributed by atoms with Crippen LogP contribution in [0, 0.1) is 5.82 Å². The number of fused-ring (bicyclic) bond motifs is 1. The molecule has 0 aliphatic heterocycles. The fourth-order valence-corrected chi connectivity index (χ4v) is 3.62. The van der Waals surface area contributed by atoms with Crippen LogP contribution in [0.4, 0.5) is 19.0 Å². The van der Waals surface area contributed by atoms with Crippen LogP contribution in [0.5, 0.6) is 0 Å². The molecule has 32 heavy (non-hydrogen) atoms. The summed E-state index contributed by atoms with van der Waals surface area (Å²) in [6.07, 6.45) is 3.77. The van der Waals surface area contributed by atoms with Gasteiger partial charge in [0.1, 0.15) is 23.9 Å². The number of anilines is 1. The van der Waals surface area contributed by atoms with Crippen LogP contribution >= 0.6 is 0 Å². The number of allylic oxidation sites excluding steroid dienone is 2. The van der Waals surface area contributed by atoms with E-state index in [-0.39, 0.29) is 17.2 Å². The molecule has 0 bridgehead atoms. The highest BCUT2D eigenvalue weighted by Gasteiger charge is 2.28. The van der Waals surface area contributed by atoms with Crippen LogP contribution in [0.3, 0.4) is 0 Å². The molecule has 0 amide bonds. The standard InChI is InChI=1S/C24H18F3N5/c25-17-10-5-4-9-16(17)22-30-23(29-20-18(26)11-6-12-19(20)27)21-24(31-22)32(14-28-21)13-15-7-2-1-3-8-15/h1-12,14,18,20H,13H2,(H,29,30,31). The zero-order valence-corrected chi connectivity index (χ0v) is 16.8. The Morgan fingerprint density at radius 2 is 1.75 bits per heavy atom. The molecule has 0 radical (unpaired) electrons. The number of halogens is 3. The van der Waals surface area contributed by atoms with E-state index in [1.807, 2.05) is 30.3 Å². The first-order valence-corrected chi connectivity index (χ1v) is 10.1. The first-order valence-electron chi connectivity index (χ1n) is 10.1. The van der Waals surface area contributed by atoms with Crippen molar-refractivity contribution < 1.29 is 13.2 Å². The molecule has 2 aromatic carbocycles. The van der Waals surface area contributed by atoms with E-state index >= 15 is 0 Å². The molecule has 0 saturated heterocycles. The molecule has 5 rings (SSSR count). The summed E-state index contributed by atoms with van der Waals surface area (Å²) < 4.78 is 45.0. The Labute approximate surface area is 182 Å². The Morgan fingerprint density at radius 1 is 0.969 bits per heavy atom. The van der Waals surface area contributed by atoms with Gasteiger partial charge in [0.15, 0.2) is 22.8 Å². The number of aromatic nitrogens is 4. The smallest absolute Gasteiger partial charge is 0.167 e. The molecular formula is C24H18F3N5. The Balaban J connectivity index is 1.64. The highest BCUT2D eigenvalue weighted by Crippen LogP contribution is 2.29. The monoisotopic (exact) mass is 433 g/mol. The first-order chi connectivity index (χ1) is 15.6. The van der Waals surface area contributed by atoms with E-state index in [0.29, 0.717) is 17.7 Å². The van der Waals surface area contributed by atoms with Crippen LogP contribution in [-0.4, -0.2) is 31.7 Å². The molecule has 1 aliphatic carbocycles. The van der Waals surface area contributed by atoms with Crippen LogP contribution in [0.25, 0.3) is 22.6 Å². The number of nitrogens with one attached hydrogen (secondary N) is 1. The number of nitrogens with zero attached hydrogens (tertiary/aromatic N) is 4. The van der Waals surface area contributed by atoms with Crippen LogP contribution in [0.2, 0.25) is 0 Å². The molecule has 160 valence electrons. The number of benzene rings is 2. The molecule has 8 heteroatoms. The van der Waals surface area contributed by atoms with E-state index in [9.17, 15) is 13.2 Å². The third kappa shape index (κ3) is 3.75. The largest absolute Gasteiger partial charge is 0.356 e. The lowest BCUT2D eigenvalue weighted by atomic mass is 10.1. The highest BCUT2D eigenvalue weighted by atomic mass is 19.1. The maximum absolute atomic E-state index is 14.5. The van der Waals surface area contributed by atoms with Crippen molar-refractivity contribution >= 4 is 17.0 Å². The van der Waals surface area contributed by atoms with Crippen molar-refractivity contribution in [2.45, 2.75) is 18.8 Å². The number of hydrogen-bond acceptors (Lipinski definition) is 4. The quantitative estimate of drug-likeness (QED) is 0.469. The molecule has 0 saturated carbocycles. The van der Waals surface area contributed by atoms with Crippen molar-refractivity contribution in [2.75, 3.05) is 5.32 Å². The van der Waals surface area contributed by atoms with Crippen molar-refractivity contribution in [3.63, 3.8) is 0 Å². The SMILES string of the molecule is FC1=CC=CC(F)C1Nc1nc(-c2ccccc2F)nc2c1ncn2Cc1ccccc1. The van der Waals surface area contributed by atoms with Crippen LogP contribution in [-0.2, 0) is 6.54 Å². The molecular weight excluding hydrogens is 415 g/mol. The summed E-state index contributed by atoms with van der Waals surface area (Å²) in [7, 11) is 0. The van der Waals surface area contributed by atoms with Gasteiger partial charge in [-0.25, -0.2) is 28.1 Å². The van der Waals surface area contributed by atoms with Crippen LogP contribution in [0.1, 0.15) is 5.56 Å². The molecule has 2 atom stereocenters. The molecule has 4 aromatic rings. The van der Waals surface area contributed by atoms with E-state index in [0.717, 1.165) is 5.56 Å². The van der Waals surface area contributed by atoms with Gasteiger partial charge in [0.05, 0.1) is 18.4 Å². The Kier molecular flexibility index (Phi) is 5.18. The summed E-state index contributed by atoms with van der Waals surface area (Å²) in [5, 5.41) is 2.81. The number of imidazole rings is 1. The lowest BCUT2D eigenvalue weighted by molar-refractivity contribution is 0.344. The molecule has 0 spiro atoms. The van der Waals surface area contributed by atoms with E-state index in [1.54, 1.807) is 29.1 Å². The van der Waals surface area contributed by atoms with Crippen molar-refractivity contribution in [1.82, 2.24) is 19.5 Å². The van der Waals surface area contributed by atoms with Gasteiger partial charge in [-0.3, -0.25) is 0 Å². The predicted molar refractivity (Wildman–Crippen MR) is 117 cm³/mol. The van der Waals surface area contributed by atoms with Gasteiger partial charge < -0.3 is 9.88 Å². The second kappa shape index (κ2) is 8.30. The van der Waals surface area contributed by atoms with Gasteiger partial charge in [-0.15, -0.1) is 0 Å². The second-order valence-corrected chi connectivity index (χ2v) is 7.41. The highest BCUT2D eigenvalue weighted by molar-refractivity contribution is 5.85.